The van der Waals surface area contributed by atoms with Crippen LogP contribution in [0.25, 0.3) is 0 Å². The monoisotopic (exact) mass is 418 g/mol. The van der Waals surface area contributed by atoms with Gasteiger partial charge in [0.1, 0.15) is 6.10 Å². The van der Waals surface area contributed by atoms with Crippen molar-refractivity contribution < 1.29 is 27.4 Å². The number of ether oxygens (including phenoxy) is 2. The molecule has 2 bridgehead atoms. The molecule has 120 valence electrons. The van der Waals surface area contributed by atoms with Gasteiger partial charge in [0, 0.05) is 13.3 Å². The van der Waals surface area contributed by atoms with Gasteiger partial charge in [0.25, 0.3) is 3.61 Å². The maximum Gasteiger partial charge on any atom is 0.437 e. The molecular weight excluding hydrogens is 400 g/mol. The van der Waals surface area contributed by atoms with E-state index >= 15 is 0 Å². The lowest BCUT2D eigenvalue weighted by Crippen LogP contribution is -2.45. The number of carbonyl (C=O) groups excluding carboxylic acids is 1. The number of carbonyl (C=O) groups is 1. The third-order valence-electron chi connectivity index (χ3n) is 4.46. The Morgan fingerprint density at radius 2 is 2.00 bits per heavy atom. The lowest BCUT2D eigenvalue weighted by molar-refractivity contribution is -0.232. The number of halogens is 4. The zero-order valence-corrected chi connectivity index (χ0v) is 13.8. The molecule has 7 heteroatoms. The predicted octanol–water partition coefficient (Wildman–Crippen LogP) is 4.21. The van der Waals surface area contributed by atoms with Crippen molar-refractivity contribution in [2.75, 3.05) is 0 Å². The van der Waals surface area contributed by atoms with E-state index in [-0.39, 0.29) is 30.3 Å². The van der Waals surface area contributed by atoms with E-state index in [2.05, 4.69) is 11.3 Å². The zero-order chi connectivity index (χ0) is 15.8. The summed E-state index contributed by atoms with van der Waals surface area (Å²) in [6.07, 6.45) is -0.953. The first-order valence-electron chi connectivity index (χ1n) is 6.88. The van der Waals surface area contributed by atoms with Crippen molar-refractivity contribution in [3.63, 3.8) is 0 Å². The summed E-state index contributed by atoms with van der Waals surface area (Å²) >= 11 is 1.23. The molecule has 21 heavy (non-hydrogen) atoms. The van der Waals surface area contributed by atoms with E-state index in [0.717, 1.165) is 19.8 Å². The first-order valence-corrected chi connectivity index (χ1v) is 7.95. The molecule has 0 heterocycles. The van der Waals surface area contributed by atoms with Crippen LogP contribution in [0.2, 0.25) is 0 Å². The van der Waals surface area contributed by atoms with E-state index in [0.29, 0.717) is 6.42 Å². The lowest BCUT2D eigenvalue weighted by Gasteiger charge is -2.35. The molecule has 0 aromatic carbocycles. The van der Waals surface area contributed by atoms with Crippen LogP contribution in [0.3, 0.4) is 0 Å². The Morgan fingerprint density at radius 3 is 2.43 bits per heavy atom. The molecule has 2 saturated carbocycles. The topological polar surface area (TPSA) is 35.5 Å². The molecule has 0 spiro atoms. The standard InChI is InChI=1S/C14H18F3IO3/c1-3-20-12-6-9-4-10(12)5-11(9)7-13(18,14(15,16)17)21-8(2)19/h3,9-12H,1,4-7H2,2H3. The molecule has 0 radical (unpaired) electrons. The summed E-state index contributed by atoms with van der Waals surface area (Å²) in [5.41, 5.74) is 0. The van der Waals surface area contributed by atoms with Gasteiger partial charge in [0.05, 0.1) is 6.26 Å². The van der Waals surface area contributed by atoms with Crippen molar-refractivity contribution in [1.82, 2.24) is 0 Å². The second-order valence-corrected chi connectivity index (χ2v) is 7.60. The predicted molar refractivity (Wildman–Crippen MR) is 78.6 cm³/mol. The van der Waals surface area contributed by atoms with Crippen LogP contribution in [-0.2, 0) is 14.3 Å². The molecule has 0 aromatic heterocycles. The fraction of sp³-hybridized carbons (Fsp3) is 0.786. The Labute approximate surface area is 135 Å². The summed E-state index contributed by atoms with van der Waals surface area (Å²) in [6, 6.07) is 0. The van der Waals surface area contributed by atoms with Crippen molar-refractivity contribution in [1.29, 1.82) is 0 Å². The summed E-state index contributed by atoms with van der Waals surface area (Å²) in [6.45, 7) is 4.53. The van der Waals surface area contributed by atoms with E-state index in [9.17, 15) is 18.0 Å². The Morgan fingerprint density at radius 1 is 1.33 bits per heavy atom. The Balaban J connectivity index is 2.04. The van der Waals surface area contributed by atoms with Crippen molar-refractivity contribution in [3.05, 3.63) is 12.8 Å². The molecular formula is C14H18F3IO3. The van der Waals surface area contributed by atoms with E-state index in [1.165, 1.54) is 28.9 Å². The molecule has 0 saturated heterocycles. The molecule has 2 fully saturated rings. The number of esters is 1. The second kappa shape index (κ2) is 5.96. The average molecular weight is 418 g/mol. The maximum absolute atomic E-state index is 13.2. The first-order chi connectivity index (χ1) is 9.66. The minimum Gasteiger partial charge on any atom is -0.498 e. The van der Waals surface area contributed by atoms with Gasteiger partial charge in [-0.3, -0.25) is 4.79 Å². The van der Waals surface area contributed by atoms with Gasteiger partial charge in [-0.2, -0.15) is 13.2 Å². The molecule has 5 unspecified atom stereocenters. The van der Waals surface area contributed by atoms with E-state index in [1.54, 1.807) is 0 Å². The van der Waals surface area contributed by atoms with Crippen LogP contribution >= 0.6 is 22.6 Å². The first kappa shape index (κ1) is 16.9. The highest BCUT2D eigenvalue weighted by molar-refractivity contribution is 14.1. The van der Waals surface area contributed by atoms with Crippen molar-refractivity contribution in [3.8, 4) is 0 Å². The lowest BCUT2D eigenvalue weighted by atomic mass is 9.83. The fourth-order valence-corrected chi connectivity index (χ4v) is 4.54. The zero-order valence-electron chi connectivity index (χ0n) is 11.7. The largest absolute Gasteiger partial charge is 0.498 e. The number of hydrogen-bond donors (Lipinski definition) is 0. The second-order valence-electron chi connectivity index (χ2n) is 5.85. The van der Waals surface area contributed by atoms with Gasteiger partial charge in [0.15, 0.2) is 0 Å². The minimum atomic E-state index is -4.57. The summed E-state index contributed by atoms with van der Waals surface area (Å²) < 4.78 is 47.3. The van der Waals surface area contributed by atoms with Gasteiger partial charge in [-0.15, -0.1) is 0 Å². The van der Waals surface area contributed by atoms with Gasteiger partial charge in [-0.05, 0) is 59.6 Å². The molecule has 0 aromatic rings. The molecule has 2 aliphatic carbocycles. The van der Waals surface area contributed by atoms with E-state index in [1.807, 2.05) is 0 Å². The highest BCUT2D eigenvalue weighted by Crippen LogP contribution is 2.55. The maximum atomic E-state index is 13.2. The number of alkyl halides is 4. The Bertz CT molecular complexity index is 426. The van der Waals surface area contributed by atoms with E-state index < -0.39 is 15.8 Å². The number of hydrogen-bond acceptors (Lipinski definition) is 3. The summed E-state index contributed by atoms with van der Waals surface area (Å²) in [7, 11) is 0. The van der Waals surface area contributed by atoms with Crippen LogP contribution in [-0.4, -0.2) is 21.9 Å². The fourth-order valence-electron chi connectivity index (χ4n) is 3.66. The van der Waals surface area contributed by atoms with Gasteiger partial charge in [-0.25, -0.2) is 0 Å². The summed E-state index contributed by atoms with van der Waals surface area (Å²) in [5, 5.41) is 0. The highest BCUT2D eigenvalue weighted by atomic mass is 127. The summed E-state index contributed by atoms with van der Waals surface area (Å²) in [5.74, 6) is -0.508. The number of fused-ring (bicyclic) bond motifs is 2. The SMILES string of the molecule is C=COC1CC2CC1CC2CC(I)(OC(C)=O)C(F)(F)F. The van der Waals surface area contributed by atoms with Crippen LogP contribution in [0, 0.1) is 17.8 Å². The van der Waals surface area contributed by atoms with E-state index in [4.69, 9.17) is 4.74 Å². The molecule has 2 rings (SSSR count). The van der Waals surface area contributed by atoms with Gasteiger partial charge in [-0.1, -0.05) is 6.58 Å². The molecule has 3 nitrogen and oxygen atoms in total. The van der Waals surface area contributed by atoms with Crippen LogP contribution in [0.15, 0.2) is 12.8 Å². The normalized spacial score (nSPS) is 34.3. The van der Waals surface area contributed by atoms with Gasteiger partial charge >= 0.3 is 12.1 Å². The van der Waals surface area contributed by atoms with Crippen LogP contribution in [0.5, 0.6) is 0 Å². The van der Waals surface area contributed by atoms with Crippen molar-refractivity contribution in [2.24, 2.45) is 17.8 Å². The third-order valence-corrected chi connectivity index (χ3v) is 5.74. The quantitative estimate of drug-likeness (QED) is 0.291. The average Bonchev–Trinajstić information content (AvgIpc) is 2.86. The van der Waals surface area contributed by atoms with Crippen LogP contribution in [0.4, 0.5) is 13.2 Å². The minimum absolute atomic E-state index is 0.0759. The Hall–Kier alpha value is -0.470. The van der Waals surface area contributed by atoms with Gasteiger partial charge in [0.2, 0.25) is 0 Å². The molecule has 2 aliphatic rings. The highest BCUT2D eigenvalue weighted by Gasteiger charge is 2.59. The van der Waals surface area contributed by atoms with Crippen LogP contribution < -0.4 is 0 Å². The van der Waals surface area contributed by atoms with Crippen molar-refractivity contribution in [2.45, 2.75) is 48.5 Å². The third kappa shape index (κ3) is 3.48. The molecule has 5 atom stereocenters. The van der Waals surface area contributed by atoms with Crippen molar-refractivity contribution >= 4 is 28.6 Å². The Kier molecular flexibility index (Phi) is 4.80. The van der Waals surface area contributed by atoms with Gasteiger partial charge < -0.3 is 9.47 Å². The smallest absolute Gasteiger partial charge is 0.437 e. The molecule has 0 aliphatic heterocycles. The summed E-state index contributed by atoms with van der Waals surface area (Å²) in [4.78, 5) is 11.0. The molecule has 0 amide bonds. The molecule has 0 N–H and O–H groups in total. The van der Waals surface area contributed by atoms with Crippen LogP contribution in [0.1, 0.15) is 32.6 Å². The number of rotatable bonds is 5.